The van der Waals surface area contributed by atoms with E-state index in [1.54, 1.807) is 6.07 Å². The van der Waals surface area contributed by atoms with E-state index < -0.39 is 23.7 Å². The van der Waals surface area contributed by atoms with Crippen molar-refractivity contribution in [3.05, 3.63) is 75.1 Å². The average molecular weight is 486 g/mol. The molecule has 0 aliphatic heterocycles. The minimum Gasteiger partial charge on any atom is -0.445 e. The number of alkyl carbamates (subject to hydrolysis) is 1. The fourth-order valence-electron chi connectivity index (χ4n) is 3.52. The maximum atomic E-state index is 13.0. The number of rotatable bonds is 9. The van der Waals surface area contributed by atoms with E-state index >= 15 is 0 Å². The number of fused-ring (bicyclic) bond motifs is 1. The highest BCUT2D eigenvalue weighted by Gasteiger charge is 2.29. The monoisotopic (exact) mass is 485 g/mol. The highest BCUT2D eigenvalue weighted by atomic mass is 35.5. The van der Waals surface area contributed by atoms with Crippen molar-refractivity contribution in [3.8, 4) is 5.75 Å². The van der Waals surface area contributed by atoms with Crippen molar-refractivity contribution in [1.29, 1.82) is 0 Å². The lowest BCUT2D eigenvalue weighted by molar-refractivity contribution is -0.138. The smallest absolute Gasteiger partial charge is 0.408 e. The molecular formula is C26H28ClNO6. The standard InChI is InChI=1S/C26H28ClNO6/c1-4-9-18-12-23(29)33-21-14-22(20(27)13-19(18)21)34-25(30)24(16(3)5-2)28-26(31)32-15-17-10-7-6-8-11-17/h6-8,10-14,16,24H,4-5,9,15H2,1-3H3,(H,28,31)/t16-,24+/m1/s1. The third-order valence-corrected chi connectivity index (χ3v) is 5.86. The summed E-state index contributed by atoms with van der Waals surface area (Å²) in [5.41, 5.74) is 1.43. The van der Waals surface area contributed by atoms with Crippen LogP contribution >= 0.6 is 11.6 Å². The van der Waals surface area contributed by atoms with Crippen molar-refractivity contribution in [2.24, 2.45) is 5.92 Å². The zero-order chi connectivity index (χ0) is 24.7. The highest BCUT2D eigenvalue weighted by molar-refractivity contribution is 6.33. The van der Waals surface area contributed by atoms with Gasteiger partial charge in [-0.3, -0.25) is 0 Å². The molecule has 0 fully saturated rings. The molecule has 0 saturated carbocycles. The van der Waals surface area contributed by atoms with Gasteiger partial charge in [0.05, 0.1) is 5.02 Å². The molecule has 3 rings (SSSR count). The van der Waals surface area contributed by atoms with Crippen LogP contribution in [0.15, 0.2) is 57.7 Å². The summed E-state index contributed by atoms with van der Waals surface area (Å²) in [4.78, 5) is 37.3. The number of esters is 1. The zero-order valence-electron chi connectivity index (χ0n) is 19.4. The van der Waals surface area contributed by atoms with E-state index in [4.69, 9.17) is 25.5 Å². The summed E-state index contributed by atoms with van der Waals surface area (Å²) in [5, 5.41) is 3.48. The molecule has 0 bridgehead atoms. The van der Waals surface area contributed by atoms with Gasteiger partial charge in [-0.1, -0.05) is 75.5 Å². The first kappa shape index (κ1) is 25.3. The largest absolute Gasteiger partial charge is 0.445 e. The van der Waals surface area contributed by atoms with Crippen LogP contribution in [0.2, 0.25) is 5.02 Å². The molecule has 2 atom stereocenters. The van der Waals surface area contributed by atoms with Crippen molar-refractivity contribution >= 4 is 34.6 Å². The SMILES string of the molecule is CCCc1cc(=O)oc2cc(OC(=O)[C@@H](NC(=O)OCc3ccccc3)[C@H](C)CC)c(Cl)cc12. The summed E-state index contributed by atoms with van der Waals surface area (Å²) in [7, 11) is 0. The summed E-state index contributed by atoms with van der Waals surface area (Å²) >= 11 is 6.39. The summed E-state index contributed by atoms with van der Waals surface area (Å²) < 4.78 is 16.1. The van der Waals surface area contributed by atoms with E-state index in [2.05, 4.69) is 5.32 Å². The second kappa shape index (κ2) is 11.7. The fraction of sp³-hybridized carbons (Fsp3) is 0.346. The summed E-state index contributed by atoms with van der Waals surface area (Å²) in [6, 6.07) is 12.7. The number of nitrogens with one attached hydrogen (secondary N) is 1. The lowest BCUT2D eigenvalue weighted by atomic mass is 9.99. The van der Waals surface area contributed by atoms with Gasteiger partial charge in [0.15, 0.2) is 5.75 Å². The first-order chi connectivity index (χ1) is 16.3. The Kier molecular flexibility index (Phi) is 8.71. The number of ether oxygens (including phenoxy) is 2. The Bertz CT molecular complexity index is 1210. The Morgan fingerprint density at radius 2 is 1.85 bits per heavy atom. The number of amides is 1. The third-order valence-electron chi connectivity index (χ3n) is 5.57. The van der Waals surface area contributed by atoms with Crippen LogP contribution in [0.1, 0.15) is 44.7 Å². The molecule has 1 N–H and O–H groups in total. The minimum atomic E-state index is -0.960. The lowest BCUT2D eigenvalue weighted by Crippen LogP contribution is -2.47. The van der Waals surface area contributed by atoms with Crippen LogP contribution in [0.4, 0.5) is 4.79 Å². The van der Waals surface area contributed by atoms with Gasteiger partial charge in [0.2, 0.25) is 0 Å². The van der Waals surface area contributed by atoms with Gasteiger partial charge < -0.3 is 19.2 Å². The van der Waals surface area contributed by atoms with E-state index in [1.165, 1.54) is 12.1 Å². The Morgan fingerprint density at radius 1 is 1.12 bits per heavy atom. The van der Waals surface area contributed by atoms with Crippen molar-refractivity contribution in [2.75, 3.05) is 0 Å². The molecule has 34 heavy (non-hydrogen) atoms. The molecule has 0 unspecified atom stereocenters. The fourth-order valence-corrected chi connectivity index (χ4v) is 3.72. The number of aryl methyl sites for hydroxylation is 1. The molecule has 0 aliphatic rings. The number of carbonyl (C=O) groups excluding carboxylic acids is 2. The molecule has 0 aliphatic carbocycles. The van der Waals surface area contributed by atoms with Gasteiger partial charge in [-0.2, -0.15) is 0 Å². The Hall–Kier alpha value is -3.32. The molecule has 1 aromatic heterocycles. The molecule has 180 valence electrons. The van der Waals surface area contributed by atoms with Gasteiger partial charge in [0.25, 0.3) is 0 Å². The number of halogens is 1. The van der Waals surface area contributed by atoms with E-state index in [1.807, 2.05) is 51.1 Å². The quantitative estimate of drug-likeness (QED) is 0.239. The molecular weight excluding hydrogens is 458 g/mol. The van der Waals surface area contributed by atoms with Crippen LogP contribution in [0, 0.1) is 5.92 Å². The van der Waals surface area contributed by atoms with Gasteiger partial charge in [-0.25, -0.2) is 14.4 Å². The second-order valence-corrected chi connectivity index (χ2v) is 8.52. The Morgan fingerprint density at radius 3 is 2.53 bits per heavy atom. The normalized spacial score (nSPS) is 12.7. The molecule has 3 aromatic rings. The molecule has 0 spiro atoms. The summed E-state index contributed by atoms with van der Waals surface area (Å²) in [5.74, 6) is -0.881. The lowest BCUT2D eigenvalue weighted by Gasteiger charge is -2.22. The van der Waals surface area contributed by atoms with Crippen molar-refractivity contribution in [3.63, 3.8) is 0 Å². The second-order valence-electron chi connectivity index (χ2n) is 8.11. The number of benzene rings is 2. The van der Waals surface area contributed by atoms with Crippen molar-refractivity contribution in [2.45, 2.75) is 52.7 Å². The van der Waals surface area contributed by atoms with Gasteiger partial charge >= 0.3 is 17.7 Å². The topological polar surface area (TPSA) is 94.8 Å². The number of hydrogen-bond donors (Lipinski definition) is 1. The van der Waals surface area contributed by atoms with Crippen LogP contribution in [-0.4, -0.2) is 18.1 Å². The van der Waals surface area contributed by atoms with Crippen molar-refractivity contribution in [1.82, 2.24) is 5.32 Å². The Balaban J connectivity index is 1.77. The van der Waals surface area contributed by atoms with Crippen molar-refractivity contribution < 1.29 is 23.5 Å². The number of carbonyl (C=O) groups is 2. The van der Waals surface area contributed by atoms with Crippen LogP contribution in [0.3, 0.4) is 0 Å². The molecule has 0 saturated heterocycles. The first-order valence-corrected chi connectivity index (χ1v) is 11.6. The zero-order valence-corrected chi connectivity index (χ0v) is 20.2. The predicted molar refractivity (Wildman–Crippen MR) is 130 cm³/mol. The van der Waals surface area contributed by atoms with Gasteiger partial charge in [-0.15, -0.1) is 0 Å². The summed E-state index contributed by atoms with van der Waals surface area (Å²) in [6.45, 7) is 5.80. The van der Waals surface area contributed by atoms with Crippen LogP contribution in [0.5, 0.6) is 5.75 Å². The summed E-state index contributed by atoms with van der Waals surface area (Å²) in [6.07, 6.45) is 1.41. The van der Waals surface area contributed by atoms with Crippen LogP contribution in [0.25, 0.3) is 11.0 Å². The average Bonchev–Trinajstić information content (AvgIpc) is 2.82. The molecule has 1 amide bonds. The maximum absolute atomic E-state index is 13.0. The van der Waals surface area contributed by atoms with E-state index in [0.717, 1.165) is 17.5 Å². The van der Waals surface area contributed by atoms with Gasteiger partial charge in [0.1, 0.15) is 18.2 Å². The van der Waals surface area contributed by atoms with Gasteiger partial charge in [-0.05, 0) is 29.5 Å². The molecule has 0 radical (unpaired) electrons. The predicted octanol–water partition coefficient (Wildman–Crippen LogP) is 5.65. The van der Waals surface area contributed by atoms with E-state index in [9.17, 15) is 14.4 Å². The van der Waals surface area contributed by atoms with E-state index in [-0.39, 0.29) is 28.9 Å². The number of hydrogen-bond acceptors (Lipinski definition) is 6. The molecule has 8 heteroatoms. The maximum Gasteiger partial charge on any atom is 0.408 e. The van der Waals surface area contributed by atoms with Gasteiger partial charge in [0, 0.05) is 17.5 Å². The minimum absolute atomic E-state index is 0.0451. The van der Waals surface area contributed by atoms with E-state index in [0.29, 0.717) is 18.2 Å². The first-order valence-electron chi connectivity index (χ1n) is 11.3. The third kappa shape index (κ3) is 6.38. The Labute approximate surface area is 203 Å². The van der Waals surface area contributed by atoms with Crippen LogP contribution < -0.4 is 15.7 Å². The molecule has 2 aromatic carbocycles. The molecule has 1 heterocycles. The molecule has 7 nitrogen and oxygen atoms in total. The van der Waals surface area contributed by atoms with Crippen LogP contribution in [-0.2, 0) is 22.6 Å². The highest BCUT2D eigenvalue weighted by Crippen LogP contribution is 2.32.